The molecule has 19 heavy (non-hydrogen) atoms. The van der Waals surface area contributed by atoms with E-state index in [-0.39, 0.29) is 5.56 Å². The Labute approximate surface area is 113 Å². The number of hydrogen-bond acceptors (Lipinski definition) is 3. The number of anilines is 1. The number of carbonyl (C=O) groups is 1. The average Bonchev–Trinajstić information content (AvgIpc) is 2.69. The number of hydrogen-bond donors (Lipinski definition) is 1. The van der Waals surface area contributed by atoms with Crippen LogP contribution in [0.1, 0.15) is 27.9 Å². The Balaban J connectivity index is 2.20. The maximum atomic E-state index is 13.4. The number of benzene rings is 1. The van der Waals surface area contributed by atoms with Gasteiger partial charge in [-0.1, -0.05) is 6.92 Å². The van der Waals surface area contributed by atoms with E-state index in [0.717, 1.165) is 29.1 Å². The highest BCUT2D eigenvalue weighted by atomic mass is 32.1. The summed E-state index contributed by atoms with van der Waals surface area (Å²) in [5.41, 5.74) is 0.701. The normalized spacial score (nSPS) is 10.5. The second-order valence-corrected chi connectivity index (χ2v) is 5.16. The third-order valence-corrected chi connectivity index (χ3v) is 3.55. The van der Waals surface area contributed by atoms with Crippen LogP contribution in [0.2, 0.25) is 0 Å². The average molecular weight is 282 g/mol. The van der Waals surface area contributed by atoms with Crippen LogP contribution in [0, 0.1) is 18.6 Å². The highest BCUT2D eigenvalue weighted by Gasteiger charge is 2.15. The topological polar surface area (TPSA) is 42.0 Å². The van der Waals surface area contributed by atoms with Gasteiger partial charge in [-0.05, 0) is 25.5 Å². The van der Waals surface area contributed by atoms with Crippen molar-refractivity contribution in [1.82, 2.24) is 4.98 Å². The number of thiazole rings is 1. The molecule has 0 spiro atoms. The second-order valence-electron chi connectivity index (χ2n) is 3.95. The number of amides is 1. The van der Waals surface area contributed by atoms with Crippen LogP contribution < -0.4 is 5.32 Å². The summed E-state index contributed by atoms with van der Waals surface area (Å²) >= 11 is 1.33. The molecule has 100 valence electrons. The van der Waals surface area contributed by atoms with Gasteiger partial charge in [0.1, 0.15) is 11.6 Å². The van der Waals surface area contributed by atoms with E-state index in [4.69, 9.17) is 0 Å². The predicted molar refractivity (Wildman–Crippen MR) is 70.5 cm³/mol. The molecule has 2 rings (SSSR count). The van der Waals surface area contributed by atoms with E-state index < -0.39 is 17.5 Å². The summed E-state index contributed by atoms with van der Waals surface area (Å²) in [5.74, 6) is -2.23. The van der Waals surface area contributed by atoms with Crippen LogP contribution in [0.4, 0.5) is 13.9 Å². The fraction of sp³-hybridized carbons (Fsp3) is 0.231. The van der Waals surface area contributed by atoms with E-state index in [1.807, 2.05) is 13.8 Å². The van der Waals surface area contributed by atoms with Crippen molar-refractivity contribution in [2.24, 2.45) is 0 Å². The van der Waals surface area contributed by atoms with Gasteiger partial charge in [-0.15, -0.1) is 11.3 Å². The molecule has 6 heteroatoms. The summed E-state index contributed by atoms with van der Waals surface area (Å²) < 4.78 is 26.2. The summed E-state index contributed by atoms with van der Waals surface area (Å²) in [6.45, 7) is 3.87. The molecule has 0 aliphatic carbocycles. The smallest absolute Gasteiger partial charge is 0.260 e. The van der Waals surface area contributed by atoms with Crippen molar-refractivity contribution in [3.63, 3.8) is 0 Å². The molecular weight excluding hydrogens is 270 g/mol. The van der Waals surface area contributed by atoms with Gasteiger partial charge in [-0.2, -0.15) is 0 Å². The molecule has 1 aromatic carbocycles. The molecule has 0 unspecified atom stereocenters. The highest BCUT2D eigenvalue weighted by Crippen LogP contribution is 2.23. The number of nitrogens with one attached hydrogen (secondary N) is 1. The zero-order chi connectivity index (χ0) is 14.0. The molecule has 2 aromatic rings. The lowest BCUT2D eigenvalue weighted by Crippen LogP contribution is -2.13. The van der Waals surface area contributed by atoms with Gasteiger partial charge < -0.3 is 0 Å². The summed E-state index contributed by atoms with van der Waals surface area (Å²) in [7, 11) is 0. The van der Waals surface area contributed by atoms with Crippen molar-refractivity contribution >= 4 is 22.4 Å². The Morgan fingerprint density at radius 3 is 2.74 bits per heavy atom. The first-order valence-electron chi connectivity index (χ1n) is 5.74. The van der Waals surface area contributed by atoms with Crippen LogP contribution in [0.3, 0.4) is 0 Å². The van der Waals surface area contributed by atoms with Crippen molar-refractivity contribution in [2.45, 2.75) is 20.3 Å². The monoisotopic (exact) mass is 282 g/mol. The van der Waals surface area contributed by atoms with E-state index >= 15 is 0 Å². The lowest BCUT2D eigenvalue weighted by molar-refractivity contribution is 0.102. The maximum absolute atomic E-state index is 13.4. The number of aromatic nitrogens is 1. The lowest BCUT2D eigenvalue weighted by atomic mass is 10.2. The SMILES string of the molecule is CCc1nc(NC(=O)c2ccc(F)cc2F)sc1C. The number of halogens is 2. The van der Waals surface area contributed by atoms with Crippen molar-refractivity contribution in [3.05, 3.63) is 46.0 Å². The highest BCUT2D eigenvalue weighted by molar-refractivity contribution is 7.15. The first-order valence-corrected chi connectivity index (χ1v) is 6.55. The minimum absolute atomic E-state index is 0.202. The number of rotatable bonds is 3. The zero-order valence-corrected chi connectivity index (χ0v) is 11.3. The van der Waals surface area contributed by atoms with Crippen LogP contribution in [-0.2, 0) is 6.42 Å². The van der Waals surface area contributed by atoms with E-state index in [1.54, 1.807) is 0 Å². The van der Waals surface area contributed by atoms with Crippen LogP contribution in [-0.4, -0.2) is 10.9 Å². The minimum Gasteiger partial charge on any atom is -0.298 e. The van der Waals surface area contributed by atoms with Crippen molar-refractivity contribution in [1.29, 1.82) is 0 Å². The van der Waals surface area contributed by atoms with E-state index in [0.29, 0.717) is 11.2 Å². The maximum Gasteiger partial charge on any atom is 0.260 e. The van der Waals surface area contributed by atoms with Gasteiger partial charge in [-0.25, -0.2) is 13.8 Å². The summed E-state index contributed by atoms with van der Waals surface area (Å²) in [6, 6.07) is 2.84. The molecule has 0 saturated carbocycles. The van der Waals surface area contributed by atoms with Crippen LogP contribution in [0.15, 0.2) is 18.2 Å². The second kappa shape index (κ2) is 5.44. The largest absolute Gasteiger partial charge is 0.298 e. The Morgan fingerprint density at radius 1 is 1.42 bits per heavy atom. The van der Waals surface area contributed by atoms with E-state index in [2.05, 4.69) is 10.3 Å². The molecule has 0 bridgehead atoms. The van der Waals surface area contributed by atoms with Crippen LogP contribution in [0.25, 0.3) is 0 Å². The molecule has 1 N–H and O–H groups in total. The molecular formula is C13H12F2N2OS. The summed E-state index contributed by atoms with van der Waals surface area (Å²) in [6.07, 6.45) is 0.767. The molecule has 1 aromatic heterocycles. The zero-order valence-electron chi connectivity index (χ0n) is 10.5. The molecule has 0 radical (unpaired) electrons. The first-order chi connectivity index (χ1) is 9.01. The van der Waals surface area contributed by atoms with Gasteiger partial charge in [0.2, 0.25) is 0 Å². The van der Waals surface area contributed by atoms with Gasteiger partial charge in [0.15, 0.2) is 5.13 Å². The quantitative estimate of drug-likeness (QED) is 0.935. The lowest BCUT2D eigenvalue weighted by Gasteiger charge is -2.02. The van der Waals surface area contributed by atoms with Crippen molar-refractivity contribution in [2.75, 3.05) is 5.32 Å². The third kappa shape index (κ3) is 2.96. The van der Waals surface area contributed by atoms with E-state index in [1.165, 1.54) is 11.3 Å². The summed E-state index contributed by atoms with van der Waals surface area (Å²) in [5, 5.41) is 2.94. The fourth-order valence-corrected chi connectivity index (χ4v) is 2.54. The van der Waals surface area contributed by atoms with E-state index in [9.17, 15) is 13.6 Å². The Hall–Kier alpha value is -1.82. The minimum atomic E-state index is -0.888. The van der Waals surface area contributed by atoms with Gasteiger partial charge >= 0.3 is 0 Å². The van der Waals surface area contributed by atoms with Crippen molar-refractivity contribution < 1.29 is 13.6 Å². The Bertz CT molecular complexity index is 625. The van der Waals surface area contributed by atoms with Crippen LogP contribution >= 0.6 is 11.3 Å². The number of nitrogens with zero attached hydrogens (tertiary/aromatic N) is 1. The standard InChI is InChI=1S/C13H12F2N2OS/c1-3-11-7(2)19-13(16-11)17-12(18)9-5-4-8(14)6-10(9)15/h4-6H,3H2,1-2H3,(H,16,17,18). The summed E-state index contributed by atoms with van der Waals surface area (Å²) in [4.78, 5) is 17.1. The Kier molecular flexibility index (Phi) is 3.90. The van der Waals surface area contributed by atoms with Gasteiger partial charge in [0.25, 0.3) is 5.91 Å². The molecule has 3 nitrogen and oxygen atoms in total. The van der Waals surface area contributed by atoms with Crippen molar-refractivity contribution in [3.8, 4) is 0 Å². The van der Waals surface area contributed by atoms with Gasteiger partial charge in [0.05, 0.1) is 11.3 Å². The molecule has 0 aliphatic rings. The molecule has 1 amide bonds. The number of aryl methyl sites for hydroxylation is 2. The molecule has 0 saturated heterocycles. The number of carbonyl (C=O) groups excluding carboxylic acids is 1. The first kappa shape index (κ1) is 13.6. The third-order valence-electron chi connectivity index (χ3n) is 2.62. The Morgan fingerprint density at radius 2 is 2.16 bits per heavy atom. The molecule has 0 aliphatic heterocycles. The van der Waals surface area contributed by atoms with Gasteiger partial charge in [-0.3, -0.25) is 10.1 Å². The predicted octanol–water partition coefficient (Wildman–Crippen LogP) is 3.54. The molecule has 1 heterocycles. The fourth-order valence-electron chi connectivity index (χ4n) is 1.65. The van der Waals surface area contributed by atoms with Gasteiger partial charge in [0, 0.05) is 10.9 Å². The molecule has 0 atom stereocenters. The van der Waals surface area contributed by atoms with Crippen LogP contribution in [0.5, 0.6) is 0 Å². The molecule has 0 fully saturated rings.